The van der Waals surface area contributed by atoms with E-state index in [1.807, 2.05) is 19.9 Å². The molecule has 0 aromatic carbocycles. The molecule has 1 aliphatic rings. The lowest BCUT2D eigenvalue weighted by atomic mass is 9.96. The lowest BCUT2D eigenvalue weighted by molar-refractivity contribution is -0.117. The second kappa shape index (κ2) is 7.44. The first-order chi connectivity index (χ1) is 7.74. The minimum atomic E-state index is 0.0885. The number of nitrogens with one attached hydrogen (secondary N) is 2. The molecule has 0 saturated carbocycles. The maximum atomic E-state index is 11.6. The van der Waals surface area contributed by atoms with Gasteiger partial charge in [-0.05, 0) is 51.6 Å². The number of hydrogen-bond donors (Lipinski definition) is 2. The molecule has 1 rings (SSSR count). The van der Waals surface area contributed by atoms with Crippen molar-refractivity contribution in [3.8, 4) is 0 Å². The lowest BCUT2D eigenvalue weighted by Crippen LogP contribution is -2.33. The summed E-state index contributed by atoms with van der Waals surface area (Å²) in [6.45, 7) is 6.99. The topological polar surface area (TPSA) is 41.1 Å². The summed E-state index contributed by atoms with van der Waals surface area (Å²) >= 11 is 0. The largest absolute Gasteiger partial charge is 0.352 e. The van der Waals surface area contributed by atoms with Crippen molar-refractivity contribution < 1.29 is 4.79 Å². The van der Waals surface area contributed by atoms with Gasteiger partial charge in [0.05, 0.1) is 0 Å². The van der Waals surface area contributed by atoms with Gasteiger partial charge in [-0.25, -0.2) is 0 Å². The standard InChI is InChI=1S/C13H24N2O/c1-3-5-11(2)13(16)15-9-7-12-6-4-8-14-10-12/h5,12,14H,3-4,6-10H2,1-2H3,(H,15,16)/b11-5-/t12-/m0/s1. The second-order valence-electron chi connectivity index (χ2n) is 4.55. The van der Waals surface area contributed by atoms with Crippen LogP contribution in [0.5, 0.6) is 0 Å². The zero-order chi connectivity index (χ0) is 11.8. The van der Waals surface area contributed by atoms with E-state index in [4.69, 9.17) is 0 Å². The third kappa shape index (κ3) is 4.79. The summed E-state index contributed by atoms with van der Waals surface area (Å²) < 4.78 is 0. The van der Waals surface area contributed by atoms with Gasteiger partial charge in [-0.2, -0.15) is 0 Å². The molecule has 16 heavy (non-hydrogen) atoms. The second-order valence-corrected chi connectivity index (χ2v) is 4.55. The van der Waals surface area contributed by atoms with E-state index in [2.05, 4.69) is 10.6 Å². The van der Waals surface area contributed by atoms with Crippen LogP contribution in [0.25, 0.3) is 0 Å². The Bertz CT molecular complexity index is 242. The average molecular weight is 224 g/mol. The molecule has 0 aromatic rings. The molecule has 1 fully saturated rings. The Morgan fingerprint density at radius 2 is 2.38 bits per heavy atom. The molecule has 3 nitrogen and oxygen atoms in total. The molecule has 1 amide bonds. The summed E-state index contributed by atoms with van der Waals surface area (Å²) in [5.41, 5.74) is 0.837. The molecule has 0 aromatic heterocycles. The first-order valence-corrected chi connectivity index (χ1v) is 6.39. The van der Waals surface area contributed by atoms with E-state index >= 15 is 0 Å². The van der Waals surface area contributed by atoms with E-state index in [1.165, 1.54) is 12.8 Å². The van der Waals surface area contributed by atoms with Crippen molar-refractivity contribution >= 4 is 5.91 Å². The Hall–Kier alpha value is -0.830. The summed E-state index contributed by atoms with van der Waals surface area (Å²) in [5.74, 6) is 0.829. The van der Waals surface area contributed by atoms with E-state index in [9.17, 15) is 4.79 Å². The normalized spacial score (nSPS) is 21.9. The molecule has 2 N–H and O–H groups in total. The van der Waals surface area contributed by atoms with Crippen molar-refractivity contribution in [3.63, 3.8) is 0 Å². The van der Waals surface area contributed by atoms with Crippen LogP contribution >= 0.6 is 0 Å². The third-order valence-electron chi connectivity index (χ3n) is 3.11. The van der Waals surface area contributed by atoms with Crippen molar-refractivity contribution in [3.05, 3.63) is 11.6 Å². The van der Waals surface area contributed by atoms with Crippen LogP contribution in [0.2, 0.25) is 0 Å². The Morgan fingerprint density at radius 3 is 3.00 bits per heavy atom. The molecule has 1 heterocycles. The third-order valence-corrected chi connectivity index (χ3v) is 3.11. The zero-order valence-electron chi connectivity index (χ0n) is 10.5. The summed E-state index contributed by atoms with van der Waals surface area (Å²) in [5, 5.41) is 6.37. The smallest absolute Gasteiger partial charge is 0.246 e. The molecule has 3 heteroatoms. The number of allylic oxidation sites excluding steroid dienone is 1. The van der Waals surface area contributed by atoms with Gasteiger partial charge in [0.25, 0.3) is 0 Å². The van der Waals surface area contributed by atoms with Gasteiger partial charge < -0.3 is 10.6 Å². The van der Waals surface area contributed by atoms with Gasteiger partial charge in [-0.1, -0.05) is 13.0 Å². The summed E-state index contributed by atoms with van der Waals surface area (Å²) in [6, 6.07) is 0. The van der Waals surface area contributed by atoms with Gasteiger partial charge in [-0.3, -0.25) is 4.79 Å². The quantitative estimate of drug-likeness (QED) is 0.700. The van der Waals surface area contributed by atoms with Crippen LogP contribution in [0, 0.1) is 5.92 Å². The van der Waals surface area contributed by atoms with Crippen molar-refractivity contribution in [1.29, 1.82) is 0 Å². The van der Waals surface area contributed by atoms with Gasteiger partial charge >= 0.3 is 0 Å². The summed E-state index contributed by atoms with van der Waals surface area (Å²) in [7, 11) is 0. The van der Waals surface area contributed by atoms with Crippen LogP contribution in [0.4, 0.5) is 0 Å². The highest BCUT2D eigenvalue weighted by Gasteiger charge is 2.12. The molecule has 0 radical (unpaired) electrons. The summed E-state index contributed by atoms with van der Waals surface area (Å²) in [6.07, 6.45) is 6.56. The van der Waals surface area contributed by atoms with E-state index in [-0.39, 0.29) is 5.91 Å². The lowest BCUT2D eigenvalue weighted by Gasteiger charge is -2.22. The number of amides is 1. The van der Waals surface area contributed by atoms with Gasteiger partial charge in [-0.15, -0.1) is 0 Å². The average Bonchev–Trinajstić information content (AvgIpc) is 2.30. The Balaban J connectivity index is 2.14. The molecule has 0 bridgehead atoms. The fourth-order valence-corrected chi connectivity index (χ4v) is 2.10. The van der Waals surface area contributed by atoms with Crippen molar-refractivity contribution in [2.75, 3.05) is 19.6 Å². The summed E-state index contributed by atoms with van der Waals surface area (Å²) in [4.78, 5) is 11.6. The Kier molecular flexibility index (Phi) is 6.16. The molecule has 92 valence electrons. The van der Waals surface area contributed by atoms with Crippen LogP contribution in [0.15, 0.2) is 11.6 Å². The highest BCUT2D eigenvalue weighted by molar-refractivity contribution is 5.92. The van der Waals surface area contributed by atoms with Gasteiger partial charge in [0, 0.05) is 12.1 Å². The Morgan fingerprint density at radius 1 is 1.56 bits per heavy atom. The predicted octanol–water partition coefficient (Wildman–Crippen LogP) is 1.85. The monoisotopic (exact) mass is 224 g/mol. The highest BCUT2D eigenvalue weighted by atomic mass is 16.1. The maximum absolute atomic E-state index is 11.6. The first kappa shape index (κ1) is 13.2. The molecule has 1 aliphatic heterocycles. The van der Waals surface area contributed by atoms with Crippen LogP contribution < -0.4 is 10.6 Å². The number of carbonyl (C=O) groups excluding carboxylic acids is 1. The van der Waals surface area contributed by atoms with Gasteiger partial charge in [0.15, 0.2) is 0 Å². The molecular weight excluding hydrogens is 200 g/mol. The van der Waals surface area contributed by atoms with Crippen LogP contribution in [-0.4, -0.2) is 25.5 Å². The molecule has 1 atom stereocenters. The fourth-order valence-electron chi connectivity index (χ4n) is 2.10. The number of hydrogen-bond acceptors (Lipinski definition) is 2. The minimum Gasteiger partial charge on any atom is -0.352 e. The van der Waals surface area contributed by atoms with Crippen LogP contribution in [0.1, 0.15) is 39.5 Å². The maximum Gasteiger partial charge on any atom is 0.246 e. The highest BCUT2D eigenvalue weighted by Crippen LogP contribution is 2.12. The molecular formula is C13H24N2O. The van der Waals surface area contributed by atoms with Crippen LogP contribution in [0.3, 0.4) is 0 Å². The number of rotatable bonds is 5. The molecule has 1 saturated heterocycles. The van der Waals surface area contributed by atoms with Crippen molar-refractivity contribution in [2.24, 2.45) is 5.92 Å². The number of carbonyl (C=O) groups is 1. The fraction of sp³-hybridized carbons (Fsp3) is 0.769. The van der Waals surface area contributed by atoms with Crippen molar-refractivity contribution in [2.45, 2.75) is 39.5 Å². The SMILES string of the molecule is CC/C=C(/C)C(=O)NCC[C@@H]1CCCNC1. The van der Waals surface area contributed by atoms with Gasteiger partial charge in [0.1, 0.15) is 0 Å². The molecule has 0 spiro atoms. The van der Waals surface area contributed by atoms with Crippen molar-refractivity contribution in [1.82, 2.24) is 10.6 Å². The molecule has 0 unspecified atom stereocenters. The van der Waals surface area contributed by atoms with E-state index < -0.39 is 0 Å². The zero-order valence-corrected chi connectivity index (χ0v) is 10.5. The first-order valence-electron chi connectivity index (χ1n) is 6.39. The Labute approximate surface area is 98.7 Å². The predicted molar refractivity (Wildman–Crippen MR) is 67.3 cm³/mol. The van der Waals surface area contributed by atoms with E-state index in [1.54, 1.807) is 0 Å². The van der Waals surface area contributed by atoms with E-state index in [0.717, 1.165) is 44.0 Å². The molecule has 0 aliphatic carbocycles. The number of piperidine rings is 1. The van der Waals surface area contributed by atoms with Gasteiger partial charge in [0.2, 0.25) is 5.91 Å². The van der Waals surface area contributed by atoms with E-state index in [0.29, 0.717) is 0 Å². The van der Waals surface area contributed by atoms with Crippen LogP contribution in [-0.2, 0) is 4.79 Å². The minimum absolute atomic E-state index is 0.0885.